The summed E-state index contributed by atoms with van der Waals surface area (Å²) in [6.07, 6.45) is -2.16. The predicted octanol–water partition coefficient (Wildman–Crippen LogP) is 6.74. The number of carbonyl (C=O) groups excluding carboxylic acids is 1. The van der Waals surface area contributed by atoms with Gasteiger partial charge in [-0.15, -0.1) is 0 Å². The zero-order valence-electron chi connectivity index (χ0n) is 30.5. The molecule has 1 aliphatic rings. The first-order chi connectivity index (χ1) is 26.2. The lowest BCUT2D eigenvalue weighted by Gasteiger charge is -2.53. The number of hydrogen-bond acceptors (Lipinski definition) is 9. The Balaban J connectivity index is 1.44. The molecule has 282 valence electrons. The molecule has 54 heavy (non-hydrogen) atoms. The molecule has 5 aromatic rings. The third-order valence-electron chi connectivity index (χ3n) is 9.24. The van der Waals surface area contributed by atoms with Gasteiger partial charge in [-0.2, -0.15) is 8.42 Å². The van der Waals surface area contributed by atoms with Crippen LogP contribution in [0.15, 0.2) is 140 Å². The van der Waals surface area contributed by atoms with Crippen LogP contribution in [0.1, 0.15) is 33.9 Å². The van der Waals surface area contributed by atoms with E-state index in [1.807, 2.05) is 140 Å². The number of hydrogen-bond donors (Lipinski definition) is 0. The lowest BCUT2D eigenvalue weighted by Crippen LogP contribution is -2.73. The first kappa shape index (κ1) is 38.7. The zero-order chi connectivity index (χ0) is 37.9. The summed E-state index contributed by atoms with van der Waals surface area (Å²) in [6.45, 7) is 0.731. The molecule has 1 aliphatic heterocycles. The fraction of sp³-hybridized carbons (Fsp3) is 0.279. The van der Waals surface area contributed by atoms with Gasteiger partial charge in [0.1, 0.15) is 23.7 Å². The highest BCUT2D eigenvalue weighted by atomic mass is 32.2. The highest BCUT2D eigenvalue weighted by molar-refractivity contribution is 7.86. The van der Waals surface area contributed by atoms with Crippen LogP contribution in [0.25, 0.3) is 0 Å². The van der Waals surface area contributed by atoms with Crippen LogP contribution >= 0.6 is 0 Å². The summed E-state index contributed by atoms with van der Waals surface area (Å²) in [5.41, 5.74) is 4.31. The molecule has 4 atom stereocenters. The van der Waals surface area contributed by atoms with Crippen molar-refractivity contribution in [2.45, 2.75) is 50.2 Å². The number of carbonyl (C=O) groups is 1. The maximum Gasteiger partial charge on any atom is 0.265 e. The van der Waals surface area contributed by atoms with Gasteiger partial charge in [0.2, 0.25) is 0 Å². The fourth-order valence-electron chi connectivity index (χ4n) is 6.58. The van der Waals surface area contributed by atoms with Crippen LogP contribution < -0.4 is 9.47 Å². The van der Waals surface area contributed by atoms with E-state index >= 15 is 0 Å². The zero-order valence-corrected chi connectivity index (χ0v) is 31.3. The molecule has 0 N–H and O–H groups in total. The first-order valence-corrected chi connectivity index (χ1v) is 19.5. The van der Waals surface area contributed by atoms with Crippen molar-refractivity contribution in [3.63, 3.8) is 0 Å². The molecular weight excluding hydrogens is 707 g/mol. The molecule has 1 fully saturated rings. The summed E-state index contributed by atoms with van der Waals surface area (Å²) < 4.78 is 61.8. The van der Waals surface area contributed by atoms with Crippen molar-refractivity contribution in [1.29, 1.82) is 0 Å². The Hall–Kier alpha value is -5.04. The number of nitrogens with zero attached hydrogens (tertiary/aromatic N) is 1. The van der Waals surface area contributed by atoms with E-state index in [1.54, 1.807) is 19.1 Å². The molecule has 1 amide bonds. The Kier molecular flexibility index (Phi) is 13.1. The fourth-order valence-corrected chi connectivity index (χ4v) is 7.15. The van der Waals surface area contributed by atoms with Gasteiger partial charge in [-0.05, 0) is 52.1 Å². The van der Waals surface area contributed by atoms with Gasteiger partial charge in [0.25, 0.3) is 16.0 Å². The molecule has 0 radical (unpaired) electrons. The molecular formula is C43H45NO9S. The standard InChI is InChI=1S/C43H45NO9S/c1-48-36-23-19-34(20-24-36)39(35-21-25-37(49-2)26-22-35)44-40(42(43(44)45)53-54(3,46)47)41(52-29-33-17-11-6-12-18-33)38(51-28-32-15-9-5-10-16-32)30-50-27-31-13-7-4-8-14-31/h4-26,38-42H,27-30H2,1-3H3/t38-,40-,41-,42-/m1/s1. The number of amides is 1. The number of methoxy groups -OCH3 is 2. The van der Waals surface area contributed by atoms with Crippen LogP contribution in [0.2, 0.25) is 0 Å². The van der Waals surface area contributed by atoms with Gasteiger partial charge in [-0.1, -0.05) is 115 Å². The van der Waals surface area contributed by atoms with Crippen molar-refractivity contribution >= 4 is 16.0 Å². The van der Waals surface area contributed by atoms with E-state index in [2.05, 4.69) is 0 Å². The molecule has 0 saturated carbocycles. The molecule has 10 nitrogen and oxygen atoms in total. The van der Waals surface area contributed by atoms with Crippen molar-refractivity contribution in [1.82, 2.24) is 4.90 Å². The molecule has 6 rings (SSSR count). The minimum atomic E-state index is -4.09. The third kappa shape index (κ3) is 9.93. The van der Waals surface area contributed by atoms with Crippen LogP contribution in [0.4, 0.5) is 0 Å². The average molecular weight is 752 g/mol. The SMILES string of the molecule is COc1ccc(C(c2ccc(OC)cc2)N2C(=O)[C@H](OS(C)(=O)=O)[C@H]2[C@H](OCc2ccccc2)[C@@H](COCc2ccccc2)OCc2ccccc2)cc1. The quantitative estimate of drug-likeness (QED) is 0.0670. The summed E-state index contributed by atoms with van der Waals surface area (Å²) in [5, 5.41) is 0. The van der Waals surface area contributed by atoms with Crippen LogP contribution in [0, 0.1) is 0 Å². The lowest BCUT2D eigenvalue weighted by atomic mass is 9.84. The number of benzene rings is 5. The largest absolute Gasteiger partial charge is 0.497 e. The van der Waals surface area contributed by atoms with Crippen LogP contribution in [0.3, 0.4) is 0 Å². The van der Waals surface area contributed by atoms with Crippen molar-refractivity contribution in [3.05, 3.63) is 167 Å². The molecule has 0 aliphatic carbocycles. The molecule has 5 aromatic carbocycles. The maximum atomic E-state index is 14.4. The van der Waals surface area contributed by atoms with E-state index in [4.69, 9.17) is 27.9 Å². The van der Waals surface area contributed by atoms with Crippen LogP contribution in [-0.2, 0) is 53.1 Å². The molecule has 0 unspecified atom stereocenters. The number of β-lactam (4-membered cyclic amide) rings is 1. The molecule has 0 spiro atoms. The monoisotopic (exact) mass is 751 g/mol. The summed E-state index contributed by atoms with van der Waals surface area (Å²) in [5.74, 6) is 0.777. The Morgan fingerprint density at radius 3 is 1.50 bits per heavy atom. The van der Waals surface area contributed by atoms with Crippen LogP contribution in [-0.4, -0.2) is 70.7 Å². The van der Waals surface area contributed by atoms with E-state index in [0.717, 1.165) is 34.1 Å². The van der Waals surface area contributed by atoms with E-state index in [0.29, 0.717) is 18.1 Å². The summed E-state index contributed by atoms with van der Waals surface area (Å²) in [4.78, 5) is 16.1. The van der Waals surface area contributed by atoms with Crippen LogP contribution in [0.5, 0.6) is 11.5 Å². The predicted molar refractivity (Wildman–Crippen MR) is 204 cm³/mol. The average Bonchev–Trinajstić information content (AvgIpc) is 3.20. The molecule has 1 saturated heterocycles. The van der Waals surface area contributed by atoms with Gasteiger partial charge in [-0.3, -0.25) is 8.98 Å². The van der Waals surface area contributed by atoms with E-state index in [1.165, 1.54) is 0 Å². The maximum absolute atomic E-state index is 14.4. The van der Waals surface area contributed by atoms with Gasteiger partial charge in [-0.25, -0.2) is 0 Å². The number of ether oxygens (including phenoxy) is 5. The molecule has 0 aromatic heterocycles. The second kappa shape index (κ2) is 18.3. The second-order valence-electron chi connectivity index (χ2n) is 13.0. The third-order valence-corrected chi connectivity index (χ3v) is 9.79. The van der Waals surface area contributed by atoms with Gasteiger partial charge >= 0.3 is 0 Å². The molecule has 1 heterocycles. The van der Waals surface area contributed by atoms with Gasteiger partial charge in [0.05, 0.1) is 59.0 Å². The number of rotatable bonds is 19. The van der Waals surface area contributed by atoms with Crippen molar-refractivity contribution in [2.24, 2.45) is 0 Å². The van der Waals surface area contributed by atoms with E-state index in [9.17, 15) is 13.2 Å². The second-order valence-corrected chi connectivity index (χ2v) is 14.6. The Labute approximate surface area is 317 Å². The Bertz CT molecular complexity index is 1970. The summed E-state index contributed by atoms with van der Waals surface area (Å²) in [7, 11) is -0.918. The van der Waals surface area contributed by atoms with Gasteiger partial charge in [0.15, 0.2) is 6.10 Å². The van der Waals surface area contributed by atoms with Crippen molar-refractivity contribution < 1.29 is 41.1 Å². The Morgan fingerprint density at radius 2 is 1.06 bits per heavy atom. The minimum Gasteiger partial charge on any atom is -0.497 e. The Morgan fingerprint density at radius 1 is 0.611 bits per heavy atom. The first-order valence-electron chi connectivity index (χ1n) is 17.6. The van der Waals surface area contributed by atoms with Crippen molar-refractivity contribution in [2.75, 3.05) is 27.1 Å². The smallest absolute Gasteiger partial charge is 0.265 e. The molecule has 0 bridgehead atoms. The normalized spacial score (nSPS) is 16.8. The number of likely N-dealkylation sites (tertiary alicyclic amines) is 1. The highest BCUT2D eigenvalue weighted by Crippen LogP contribution is 2.42. The minimum absolute atomic E-state index is 0.0705. The topological polar surface area (TPSA) is 110 Å². The van der Waals surface area contributed by atoms with E-state index in [-0.39, 0.29) is 19.8 Å². The summed E-state index contributed by atoms with van der Waals surface area (Å²) in [6, 6.07) is 42.3. The summed E-state index contributed by atoms with van der Waals surface area (Å²) >= 11 is 0. The highest BCUT2D eigenvalue weighted by Gasteiger charge is 2.58. The lowest BCUT2D eigenvalue weighted by molar-refractivity contribution is -0.201. The van der Waals surface area contributed by atoms with Gasteiger partial charge in [0, 0.05) is 0 Å². The molecule has 11 heteroatoms. The van der Waals surface area contributed by atoms with Crippen molar-refractivity contribution in [3.8, 4) is 11.5 Å². The van der Waals surface area contributed by atoms with Gasteiger partial charge < -0.3 is 28.6 Å². The van der Waals surface area contributed by atoms with E-state index < -0.39 is 46.4 Å².